The molecular weight excluding hydrogens is 272 g/mol. The highest BCUT2D eigenvalue weighted by Crippen LogP contribution is 2.47. The van der Waals surface area contributed by atoms with Crippen LogP contribution in [-0.2, 0) is 10.2 Å². The highest BCUT2D eigenvalue weighted by atomic mass is 16.2. The molecule has 0 atom stereocenters. The average molecular weight is 298 g/mol. The van der Waals surface area contributed by atoms with E-state index in [-0.39, 0.29) is 16.9 Å². The van der Waals surface area contributed by atoms with Gasteiger partial charge in [-0.05, 0) is 63.2 Å². The van der Waals surface area contributed by atoms with Gasteiger partial charge >= 0.3 is 0 Å². The van der Waals surface area contributed by atoms with Gasteiger partial charge in [0.05, 0.1) is 11.0 Å². The fraction of sp³-hybridized carbons (Fsp3) is 0.632. The summed E-state index contributed by atoms with van der Waals surface area (Å²) in [5, 5.41) is 3.45. The van der Waals surface area contributed by atoms with Crippen molar-refractivity contribution in [1.82, 2.24) is 10.2 Å². The van der Waals surface area contributed by atoms with Crippen LogP contribution in [0.5, 0.6) is 0 Å². The lowest BCUT2D eigenvalue weighted by Crippen LogP contribution is -2.56. The van der Waals surface area contributed by atoms with Crippen LogP contribution in [0.2, 0.25) is 0 Å². The normalized spacial score (nSPS) is 25.0. The summed E-state index contributed by atoms with van der Waals surface area (Å²) in [6.45, 7) is 5.61. The molecule has 1 aromatic rings. The second-order valence-corrected chi connectivity index (χ2v) is 7.61. The quantitative estimate of drug-likeness (QED) is 0.906. The van der Waals surface area contributed by atoms with Crippen molar-refractivity contribution in [2.24, 2.45) is 0 Å². The van der Waals surface area contributed by atoms with E-state index in [9.17, 15) is 4.79 Å². The summed E-state index contributed by atoms with van der Waals surface area (Å²) in [5.74, 6) is 0.283. The monoisotopic (exact) mass is 298 g/mol. The topological polar surface area (TPSA) is 32.3 Å². The third-order valence-corrected chi connectivity index (χ3v) is 6.01. The lowest BCUT2D eigenvalue weighted by Gasteiger charge is -2.43. The molecule has 3 fully saturated rings. The van der Waals surface area contributed by atoms with Crippen molar-refractivity contribution in [1.29, 1.82) is 0 Å². The lowest BCUT2D eigenvalue weighted by atomic mass is 9.62. The second-order valence-electron chi connectivity index (χ2n) is 7.61. The predicted molar refractivity (Wildman–Crippen MR) is 87.9 cm³/mol. The van der Waals surface area contributed by atoms with Crippen LogP contribution in [0.25, 0.3) is 0 Å². The van der Waals surface area contributed by atoms with E-state index >= 15 is 0 Å². The average Bonchev–Trinajstić information content (AvgIpc) is 3.15. The maximum absolute atomic E-state index is 13.1. The molecule has 2 aliphatic carbocycles. The molecule has 118 valence electrons. The summed E-state index contributed by atoms with van der Waals surface area (Å²) in [4.78, 5) is 15.6. The maximum Gasteiger partial charge on any atom is 0.231 e. The van der Waals surface area contributed by atoms with Gasteiger partial charge in [0.2, 0.25) is 5.91 Å². The van der Waals surface area contributed by atoms with Gasteiger partial charge < -0.3 is 10.2 Å². The van der Waals surface area contributed by atoms with Gasteiger partial charge in [-0.2, -0.15) is 0 Å². The number of nitrogens with one attached hydrogen (secondary N) is 1. The summed E-state index contributed by atoms with van der Waals surface area (Å²) < 4.78 is 0. The highest BCUT2D eigenvalue weighted by molar-refractivity contribution is 5.90. The number of benzene rings is 1. The van der Waals surface area contributed by atoms with E-state index in [1.807, 2.05) is 0 Å². The fourth-order valence-electron chi connectivity index (χ4n) is 4.06. The largest absolute Gasteiger partial charge is 0.349 e. The van der Waals surface area contributed by atoms with Gasteiger partial charge in [0.15, 0.2) is 0 Å². The molecule has 0 radical (unpaired) electrons. The molecular formula is C19H26N2O. The molecule has 3 heteroatoms. The summed E-state index contributed by atoms with van der Waals surface area (Å²) in [6.07, 6.45) is 6.79. The number of nitrogens with zero attached hydrogens (tertiary/aromatic N) is 1. The van der Waals surface area contributed by atoms with Crippen LogP contribution in [0, 0.1) is 6.92 Å². The van der Waals surface area contributed by atoms with E-state index < -0.39 is 0 Å². The van der Waals surface area contributed by atoms with Crippen molar-refractivity contribution < 1.29 is 4.79 Å². The Balaban J connectivity index is 1.52. The van der Waals surface area contributed by atoms with Gasteiger partial charge in [-0.15, -0.1) is 0 Å². The first-order valence-electron chi connectivity index (χ1n) is 8.75. The number of hydrogen-bond acceptors (Lipinski definition) is 2. The van der Waals surface area contributed by atoms with Crippen molar-refractivity contribution in [3.05, 3.63) is 35.4 Å². The van der Waals surface area contributed by atoms with Crippen molar-refractivity contribution >= 4 is 5.91 Å². The van der Waals surface area contributed by atoms with Crippen LogP contribution in [0.4, 0.5) is 0 Å². The van der Waals surface area contributed by atoms with E-state index in [1.165, 1.54) is 37.1 Å². The summed E-state index contributed by atoms with van der Waals surface area (Å²) in [6, 6.07) is 8.43. The Morgan fingerprint density at radius 2 is 1.86 bits per heavy atom. The first kappa shape index (κ1) is 14.3. The molecule has 1 aromatic carbocycles. The number of likely N-dealkylation sites (tertiary alicyclic amines) is 1. The Morgan fingerprint density at radius 1 is 1.14 bits per heavy atom. The third-order valence-electron chi connectivity index (χ3n) is 6.01. The first-order valence-corrected chi connectivity index (χ1v) is 8.75. The van der Waals surface area contributed by atoms with E-state index in [0.29, 0.717) is 0 Å². The molecule has 1 N–H and O–H groups in total. The number of carbonyl (C=O) groups excluding carboxylic acids is 1. The van der Waals surface area contributed by atoms with Crippen molar-refractivity contribution in [3.63, 3.8) is 0 Å². The predicted octanol–water partition coefficient (Wildman–Crippen LogP) is 2.77. The standard InChI is InChI=1S/C19H26N2O/c1-15-6-2-3-7-16(15)19(8-4-9-19)17(22)20-18(10-11-18)14-21-12-5-13-21/h2-3,6-7H,4-5,8-14H2,1H3,(H,20,22). The minimum Gasteiger partial charge on any atom is -0.349 e. The minimum atomic E-state index is -0.254. The Bertz CT molecular complexity index is 583. The molecule has 22 heavy (non-hydrogen) atoms. The number of carbonyl (C=O) groups is 1. The first-order chi connectivity index (χ1) is 10.6. The molecule has 3 nitrogen and oxygen atoms in total. The Morgan fingerprint density at radius 3 is 2.36 bits per heavy atom. The second kappa shape index (κ2) is 5.09. The molecule has 1 heterocycles. The third kappa shape index (κ3) is 2.26. The van der Waals surface area contributed by atoms with Crippen LogP contribution in [0.3, 0.4) is 0 Å². The van der Waals surface area contributed by atoms with Gasteiger partial charge in [0.1, 0.15) is 0 Å². The van der Waals surface area contributed by atoms with Crippen LogP contribution in [-0.4, -0.2) is 36.0 Å². The van der Waals surface area contributed by atoms with Gasteiger partial charge in [-0.1, -0.05) is 30.7 Å². The zero-order valence-corrected chi connectivity index (χ0v) is 13.5. The Hall–Kier alpha value is -1.35. The highest BCUT2D eigenvalue weighted by Gasteiger charge is 2.52. The van der Waals surface area contributed by atoms with Crippen LogP contribution >= 0.6 is 0 Å². The molecule has 1 saturated heterocycles. The SMILES string of the molecule is Cc1ccccc1C1(C(=O)NC2(CN3CCC3)CC2)CCC1. The van der Waals surface area contributed by atoms with E-state index in [1.54, 1.807) is 0 Å². The van der Waals surface area contributed by atoms with E-state index in [4.69, 9.17) is 0 Å². The van der Waals surface area contributed by atoms with Gasteiger partial charge in [0.25, 0.3) is 0 Å². The van der Waals surface area contributed by atoms with Crippen molar-refractivity contribution in [3.8, 4) is 0 Å². The molecule has 1 aliphatic heterocycles. The molecule has 4 rings (SSSR count). The maximum atomic E-state index is 13.1. The molecule has 0 spiro atoms. The van der Waals surface area contributed by atoms with Crippen molar-refractivity contribution in [2.75, 3.05) is 19.6 Å². The molecule has 3 aliphatic rings. The zero-order valence-electron chi connectivity index (χ0n) is 13.5. The van der Waals surface area contributed by atoms with Crippen LogP contribution in [0.15, 0.2) is 24.3 Å². The van der Waals surface area contributed by atoms with E-state index in [0.717, 1.165) is 32.2 Å². The van der Waals surface area contributed by atoms with Crippen molar-refractivity contribution in [2.45, 2.75) is 56.4 Å². The summed E-state index contributed by atoms with van der Waals surface area (Å²) in [7, 11) is 0. The zero-order chi connectivity index (χ0) is 15.2. The molecule has 2 saturated carbocycles. The molecule has 0 bridgehead atoms. The van der Waals surface area contributed by atoms with Gasteiger partial charge in [-0.3, -0.25) is 4.79 Å². The molecule has 1 amide bonds. The minimum absolute atomic E-state index is 0.0861. The fourth-order valence-corrected chi connectivity index (χ4v) is 4.06. The van der Waals surface area contributed by atoms with Crippen LogP contribution < -0.4 is 5.32 Å². The molecule has 0 unspecified atom stereocenters. The van der Waals surface area contributed by atoms with E-state index in [2.05, 4.69) is 41.4 Å². The number of amides is 1. The Kier molecular flexibility index (Phi) is 3.30. The lowest BCUT2D eigenvalue weighted by molar-refractivity contribution is -0.131. The summed E-state index contributed by atoms with van der Waals surface area (Å²) in [5.41, 5.74) is 2.34. The smallest absolute Gasteiger partial charge is 0.231 e. The number of hydrogen-bond donors (Lipinski definition) is 1. The molecule has 0 aromatic heterocycles. The summed E-state index contributed by atoms with van der Waals surface area (Å²) >= 11 is 0. The number of rotatable bonds is 5. The van der Waals surface area contributed by atoms with Gasteiger partial charge in [-0.25, -0.2) is 0 Å². The Labute approximate surface area is 133 Å². The number of aryl methyl sites for hydroxylation is 1. The van der Waals surface area contributed by atoms with Gasteiger partial charge in [0, 0.05) is 6.54 Å². The van der Waals surface area contributed by atoms with Crippen LogP contribution in [0.1, 0.15) is 49.7 Å².